The third kappa shape index (κ3) is 3.48. The summed E-state index contributed by atoms with van der Waals surface area (Å²) in [5, 5.41) is 7.96. The third-order valence-corrected chi connectivity index (χ3v) is 5.29. The topological polar surface area (TPSA) is 80.7 Å². The van der Waals surface area contributed by atoms with E-state index in [0.717, 1.165) is 5.56 Å². The molecule has 3 heterocycles. The highest BCUT2D eigenvalue weighted by Crippen LogP contribution is 2.30. The smallest absolute Gasteiger partial charge is 0.276 e. The van der Waals surface area contributed by atoms with Crippen molar-refractivity contribution in [3.8, 4) is 22.1 Å². The third-order valence-electron chi connectivity index (χ3n) is 3.37. The van der Waals surface area contributed by atoms with E-state index in [2.05, 4.69) is 25.3 Å². The van der Waals surface area contributed by atoms with Crippen LogP contribution in [0.2, 0.25) is 5.02 Å². The van der Waals surface area contributed by atoms with Crippen LogP contribution in [0, 0.1) is 0 Å². The zero-order valence-corrected chi connectivity index (χ0v) is 15.5. The fraction of sp³-hybridized carbons (Fsp3) is 0. The fourth-order valence-corrected chi connectivity index (χ4v) is 3.86. The van der Waals surface area contributed by atoms with E-state index in [9.17, 15) is 4.79 Å². The van der Waals surface area contributed by atoms with Crippen LogP contribution in [0.5, 0.6) is 0 Å². The lowest BCUT2D eigenvalue weighted by atomic mass is 10.2. The molecular weight excluding hydrogens is 390 g/mol. The van der Waals surface area contributed by atoms with Gasteiger partial charge < -0.3 is 0 Å². The average molecular weight is 400 g/mol. The molecule has 9 heteroatoms. The minimum atomic E-state index is -0.330. The minimum Gasteiger partial charge on any atom is -0.296 e. The largest absolute Gasteiger partial charge is 0.296 e. The van der Waals surface area contributed by atoms with Gasteiger partial charge in [0.1, 0.15) is 5.69 Å². The number of amides is 1. The van der Waals surface area contributed by atoms with Gasteiger partial charge in [0.2, 0.25) is 0 Å². The van der Waals surface area contributed by atoms with Crippen LogP contribution in [0.4, 0.5) is 5.13 Å². The lowest BCUT2D eigenvalue weighted by Crippen LogP contribution is -2.12. The average Bonchev–Trinajstić information content (AvgIpc) is 3.33. The number of hydrogen-bond acceptors (Lipinski definition) is 7. The molecule has 1 aromatic carbocycles. The molecule has 4 aromatic rings. The van der Waals surface area contributed by atoms with E-state index in [-0.39, 0.29) is 5.91 Å². The molecule has 0 radical (unpaired) electrons. The maximum absolute atomic E-state index is 12.4. The molecule has 0 atom stereocenters. The number of carbonyl (C=O) groups excluding carboxylic acids is 1. The van der Waals surface area contributed by atoms with E-state index in [4.69, 9.17) is 11.6 Å². The Labute approximate surface area is 161 Å². The number of nitrogens with zero attached hydrogens (tertiary/aromatic N) is 4. The molecule has 128 valence electrons. The second kappa shape index (κ2) is 7.28. The molecule has 0 saturated carbocycles. The van der Waals surface area contributed by atoms with Crippen LogP contribution in [0.25, 0.3) is 22.1 Å². The number of nitrogens with one attached hydrogen (secondary N) is 1. The van der Waals surface area contributed by atoms with Gasteiger partial charge >= 0.3 is 0 Å². The molecule has 0 unspecified atom stereocenters. The van der Waals surface area contributed by atoms with Gasteiger partial charge in [0, 0.05) is 33.7 Å². The molecule has 1 N–H and O–H groups in total. The van der Waals surface area contributed by atoms with Crippen molar-refractivity contribution < 1.29 is 4.79 Å². The van der Waals surface area contributed by atoms with Crippen molar-refractivity contribution in [3.63, 3.8) is 0 Å². The van der Waals surface area contributed by atoms with E-state index in [1.54, 1.807) is 29.9 Å². The van der Waals surface area contributed by atoms with Crippen molar-refractivity contribution in [2.24, 2.45) is 0 Å². The number of thiazole rings is 2. The number of carbonyl (C=O) groups is 1. The lowest BCUT2D eigenvalue weighted by molar-refractivity contribution is 0.102. The summed E-state index contributed by atoms with van der Waals surface area (Å²) in [6, 6.07) is 9.16. The molecule has 0 saturated heterocycles. The maximum atomic E-state index is 12.4. The molecule has 0 spiro atoms. The first-order chi connectivity index (χ1) is 12.7. The molecule has 4 rings (SSSR count). The number of hydrogen-bond donors (Lipinski definition) is 1. The second-order valence-electron chi connectivity index (χ2n) is 5.08. The van der Waals surface area contributed by atoms with Gasteiger partial charge in [-0.1, -0.05) is 29.8 Å². The minimum absolute atomic E-state index is 0.298. The Kier molecular flexibility index (Phi) is 4.70. The highest BCUT2D eigenvalue weighted by atomic mass is 35.5. The van der Waals surface area contributed by atoms with Crippen LogP contribution in [-0.2, 0) is 0 Å². The fourth-order valence-electron chi connectivity index (χ4n) is 2.18. The van der Waals surface area contributed by atoms with E-state index < -0.39 is 0 Å². The molecular formula is C17H10ClN5OS2. The summed E-state index contributed by atoms with van der Waals surface area (Å²) in [6.07, 6.45) is 3.27. The summed E-state index contributed by atoms with van der Waals surface area (Å²) in [5.74, 6) is 0.162. The van der Waals surface area contributed by atoms with Crippen LogP contribution in [-0.4, -0.2) is 25.8 Å². The normalized spacial score (nSPS) is 10.7. The van der Waals surface area contributed by atoms with E-state index in [0.29, 0.717) is 32.4 Å². The van der Waals surface area contributed by atoms with Gasteiger partial charge in [0.15, 0.2) is 16.0 Å². The van der Waals surface area contributed by atoms with Crippen molar-refractivity contribution in [3.05, 3.63) is 64.2 Å². The van der Waals surface area contributed by atoms with Crippen molar-refractivity contribution in [1.82, 2.24) is 19.9 Å². The van der Waals surface area contributed by atoms with Crippen molar-refractivity contribution in [2.45, 2.75) is 0 Å². The zero-order chi connectivity index (χ0) is 17.9. The Bertz CT molecular complexity index is 1060. The molecule has 0 fully saturated rings. The molecule has 1 amide bonds. The lowest BCUT2D eigenvalue weighted by Gasteiger charge is -2.00. The van der Waals surface area contributed by atoms with E-state index in [1.165, 1.54) is 22.7 Å². The molecule has 0 bridgehead atoms. The quantitative estimate of drug-likeness (QED) is 0.541. The molecule has 3 aromatic heterocycles. The van der Waals surface area contributed by atoms with Crippen LogP contribution in [0.15, 0.2) is 53.5 Å². The van der Waals surface area contributed by atoms with Crippen molar-refractivity contribution in [2.75, 3.05) is 5.32 Å². The van der Waals surface area contributed by atoms with Crippen LogP contribution < -0.4 is 5.32 Å². The summed E-state index contributed by atoms with van der Waals surface area (Å²) in [6.45, 7) is 0. The van der Waals surface area contributed by atoms with Gasteiger partial charge in [0.25, 0.3) is 5.91 Å². The van der Waals surface area contributed by atoms with Gasteiger partial charge in [0.05, 0.1) is 5.69 Å². The monoisotopic (exact) mass is 399 g/mol. The van der Waals surface area contributed by atoms with E-state index in [1.807, 2.05) is 23.6 Å². The summed E-state index contributed by atoms with van der Waals surface area (Å²) in [5.41, 5.74) is 1.84. The Morgan fingerprint density at radius 3 is 2.62 bits per heavy atom. The molecule has 6 nitrogen and oxygen atoms in total. The van der Waals surface area contributed by atoms with Crippen LogP contribution in [0.1, 0.15) is 10.5 Å². The summed E-state index contributed by atoms with van der Waals surface area (Å²) in [7, 11) is 0. The first-order valence-corrected chi connectivity index (χ1v) is 9.59. The number of benzene rings is 1. The summed E-state index contributed by atoms with van der Waals surface area (Å²) < 4.78 is 0. The standard InChI is InChI=1S/C17H10ClN5OS2/c18-11-5-2-1-4-10(11)12-8-26-17(22-12)23-15(24)13-9-25-16(21-13)14-19-6-3-7-20-14/h1-9H,(H,22,23,24). The van der Waals surface area contributed by atoms with Crippen molar-refractivity contribution >= 4 is 45.3 Å². The number of anilines is 1. The van der Waals surface area contributed by atoms with Gasteiger partial charge in [-0.2, -0.15) is 0 Å². The summed E-state index contributed by atoms with van der Waals surface area (Å²) >= 11 is 8.83. The maximum Gasteiger partial charge on any atom is 0.276 e. The van der Waals surface area contributed by atoms with Gasteiger partial charge in [-0.25, -0.2) is 19.9 Å². The first kappa shape index (κ1) is 16.8. The van der Waals surface area contributed by atoms with Crippen LogP contribution in [0.3, 0.4) is 0 Å². The number of rotatable bonds is 4. The number of halogens is 1. The Hall–Kier alpha value is -2.68. The SMILES string of the molecule is O=C(Nc1nc(-c2ccccc2Cl)cs1)c1csc(-c2ncccn2)n1. The molecule has 0 aliphatic rings. The molecule has 0 aliphatic carbocycles. The predicted octanol–water partition coefficient (Wildman–Crippen LogP) is 4.63. The zero-order valence-electron chi connectivity index (χ0n) is 13.1. The number of aromatic nitrogens is 4. The highest BCUT2D eigenvalue weighted by Gasteiger charge is 2.15. The highest BCUT2D eigenvalue weighted by molar-refractivity contribution is 7.14. The Morgan fingerprint density at radius 2 is 1.81 bits per heavy atom. The Balaban J connectivity index is 1.51. The van der Waals surface area contributed by atoms with Gasteiger partial charge in [-0.05, 0) is 12.1 Å². The molecule has 0 aliphatic heterocycles. The van der Waals surface area contributed by atoms with Crippen molar-refractivity contribution in [1.29, 1.82) is 0 Å². The Morgan fingerprint density at radius 1 is 1.00 bits per heavy atom. The molecule has 26 heavy (non-hydrogen) atoms. The summed E-state index contributed by atoms with van der Waals surface area (Å²) in [4.78, 5) is 29.4. The van der Waals surface area contributed by atoms with Gasteiger partial charge in [-0.15, -0.1) is 22.7 Å². The van der Waals surface area contributed by atoms with Gasteiger partial charge in [-0.3, -0.25) is 10.1 Å². The second-order valence-corrected chi connectivity index (χ2v) is 7.21. The van der Waals surface area contributed by atoms with E-state index >= 15 is 0 Å². The predicted molar refractivity (Wildman–Crippen MR) is 104 cm³/mol. The van der Waals surface area contributed by atoms with Crippen LogP contribution >= 0.6 is 34.3 Å². The first-order valence-electron chi connectivity index (χ1n) is 7.45.